The number of likely N-dealkylation sites (tertiary alicyclic amines) is 1. The number of carbonyl (C=O) groups is 1. The molecule has 0 spiro atoms. The maximum atomic E-state index is 12.4. The van der Waals surface area contributed by atoms with Gasteiger partial charge >= 0.3 is 0 Å². The van der Waals surface area contributed by atoms with E-state index in [9.17, 15) is 4.79 Å². The molecule has 25 heavy (non-hydrogen) atoms. The predicted molar refractivity (Wildman–Crippen MR) is 105 cm³/mol. The molecular weight excluding hydrogens is 363 g/mol. The molecule has 148 valence electrons. The second-order valence-corrected chi connectivity index (χ2v) is 6.98. The number of piperidine rings is 1. The topological polar surface area (TPSA) is 48.1 Å². The number of nitrogens with one attached hydrogen (secondary N) is 1. The lowest BCUT2D eigenvalue weighted by Crippen LogP contribution is -2.51. The van der Waals surface area contributed by atoms with Crippen LogP contribution in [-0.2, 0) is 9.53 Å². The summed E-state index contributed by atoms with van der Waals surface area (Å²) in [5, 5.41) is 3.31. The average molecular weight is 397 g/mol. The summed E-state index contributed by atoms with van der Waals surface area (Å²) in [6.45, 7) is 10.7. The maximum absolute atomic E-state index is 12.4. The standard InChI is InChI=1S/C17H32N4O2.2ClH/c22-17(21-9-5-18-6-10-21)4-8-20-7-2-1-3-16(20)15-19-11-13-23-14-12-19;;/h16,18H,1-15H2;2*1H. The molecule has 0 aromatic carbocycles. The molecule has 3 aliphatic rings. The van der Waals surface area contributed by atoms with Gasteiger partial charge in [-0.25, -0.2) is 0 Å². The quantitative estimate of drug-likeness (QED) is 0.745. The van der Waals surface area contributed by atoms with Gasteiger partial charge in [-0.2, -0.15) is 0 Å². The summed E-state index contributed by atoms with van der Waals surface area (Å²) < 4.78 is 5.45. The van der Waals surface area contributed by atoms with E-state index in [-0.39, 0.29) is 24.8 Å². The van der Waals surface area contributed by atoms with Crippen molar-refractivity contribution in [3.8, 4) is 0 Å². The van der Waals surface area contributed by atoms with E-state index in [1.165, 1.54) is 19.3 Å². The van der Waals surface area contributed by atoms with Crippen LogP contribution in [0.4, 0.5) is 0 Å². The minimum absolute atomic E-state index is 0. The zero-order chi connectivity index (χ0) is 15.9. The smallest absolute Gasteiger partial charge is 0.223 e. The molecule has 3 fully saturated rings. The Morgan fingerprint density at radius 1 is 1.00 bits per heavy atom. The number of amides is 1. The van der Waals surface area contributed by atoms with Gasteiger partial charge in [0.15, 0.2) is 0 Å². The molecule has 3 heterocycles. The first-order valence-corrected chi connectivity index (χ1v) is 9.35. The van der Waals surface area contributed by atoms with Crippen molar-refractivity contribution in [1.82, 2.24) is 20.0 Å². The summed E-state index contributed by atoms with van der Waals surface area (Å²) in [7, 11) is 0. The van der Waals surface area contributed by atoms with Gasteiger partial charge in [-0.05, 0) is 19.4 Å². The van der Waals surface area contributed by atoms with Gasteiger partial charge in [0.1, 0.15) is 0 Å². The molecule has 8 heteroatoms. The van der Waals surface area contributed by atoms with Gasteiger partial charge in [-0.15, -0.1) is 24.8 Å². The lowest BCUT2D eigenvalue weighted by atomic mass is 10.0. The number of hydrogen-bond acceptors (Lipinski definition) is 5. The van der Waals surface area contributed by atoms with E-state index in [2.05, 4.69) is 15.1 Å². The molecular formula is C17H34Cl2N4O2. The van der Waals surface area contributed by atoms with E-state index in [4.69, 9.17) is 4.74 Å². The van der Waals surface area contributed by atoms with Gasteiger partial charge in [-0.3, -0.25) is 14.6 Å². The Balaban J connectivity index is 0.00000156. The Bertz CT molecular complexity index is 378. The number of ether oxygens (including phenoxy) is 1. The molecule has 1 N–H and O–H groups in total. The first-order valence-electron chi connectivity index (χ1n) is 9.35. The Kier molecular flexibility index (Phi) is 11.3. The summed E-state index contributed by atoms with van der Waals surface area (Å²) in [5.74, 6) is 0.335. The van der Waals surface area contributed by atoms with Crippen LogP contribution in [0.3, 0.4) is 0 Å². The summed E-state index contributed by atoms with van der Waals surface area (Å²) >= 11 is 0. The molecule has 1 unspecified atom stereocenters. The fraction of sp³-hybridized carbons (Fsp3) is 0.941. The van der Waals surface area contributed by atoms with Crippen LogP contribution in [0.25, 0.3) is 0 Å². The second kappa shape index (κ2) is 12.3. The molecule has 0 aromatic rings. The van der Waals surface area contributed by atoms with Crippen LogP contribution in [0.15, 0.2) is 0 Å². The van der Waals surface area contributed by atoms with Gasteiger partial charge in [-0.1, -0.05) is 6.42 Å². The van der Waals surface area contributed by atoms with Crippen molar-refractivity contribution >= 4 is 30.7 Å². The minimum Gasteiger partial charge on any atom is -0.379 e. The Hall–Kier alpha value is -0.110. The largest absolute Gasteiger partial charge is 0.379 e. The Morgan fingerprint density at radius 3 is 2.44 bits per heavy atom. The number of nitrogens with zero attached hydrogens (tertiary/aromatic N) is 3. The molecule has 1 amide bonds. The van der Waals surface area contributed by atoms with Crippen molar-refractivity contribution < 1.29 is 9.53 Å². The predicted octanol–water partition coefficient (Wildman–Crippen LogP) is 0.839. The van der Waals surface area contributed by atoms with Crippen LogP contribution in [0, 0.1) is 0 Å². The third-order valence-corrected chi connectivity index (χ3v) is 5.40. The first kappa shape index (κ1) is 22.9. The van der Waals surface area contributed by atoms with E-state index in [0.717, 1.165) is 72.1 Å². The molecule has 1 atom stereocenters. The van der Waals surface area contributed by atoms with Crippen molar-refractivity contribution in [3.63, 3.8) is 0 Å². The third-order valence-electron chi connectivity index (χ3n) is 5.40. The fourth-order valence-electron chi connectivity index (χ4n) is 3.95. The SMILES string of the molecule is Cl.Cl.O=C(CCN1CCCCC1CN1CCOCC1)N1CCNCC1. The van der Waals surface area contributed by atoms with Gasteiger partial charge in [0.05, 0.1) is 13.2 Å². The van der Waals surface area contributed by atoms with E-state index in [0.29, 0.717) is 18.4 Å². The molecule has 0 bridgehead atoms. The number of piperazine rings is 1. The fourth-order valence-corrected chi connectivity index (χ4v) is 3.95. The monoisotopic (exact) mass is 396 g/mol. The normalized spacial score (nSPS) is 25.8. The minimum atomic E-state index is 0. The number of carbonyl (C=O) groups excluding carboxylic acids is 1. The van der Waals surface area contributed by atoms with Crippen molar-refractivity contribution in [2.75, 3.05) is 72.1 Å². The highest BCUT2D eigenvalue weighted by Gasteiger charge is 2.26. The lowest BCUT2D eigenvalue weighted by Gasteiger charge is -2.40. The van der Waals surface area contributed by atoms with Gasteiger partial charge in [0.2, 0.25) is 5.91 Å². The Morgan fingerprint density at radius 2 is 1.72 bits per heavy atom. The van der Waals surface area contributed by atoms with Crippen LogP contribution >= 0.6 is 24.8 Å². The number of hydrogen-bond donors (Lipinski definition) is 1. The molecule has 0 saturated carbocycles. The van der Waals surface area contributed by atoms with E-state index < -0.39 is 0 Å². The van der Waals surface area contributed by atoms with Crippen molar-refractivity contribution in [2.45, 2.75) is 31.7 Å². The summed E-state index contributed by atoms with van der Waals surface area (Å²) in [5.41, 5.74) is 0. The molecule has 0 aromatic heterocycles. The molecule has 3 rings (SSSR count). The van der Waals surface area contributed by atoms with Crippen LogP contribution in [-0.4, -0.2) is 98.8 Å². The zero-order valence-corrected chi connectivity index (χ0v) is 16.8. The summed E-state index contributed by atoms with van der Waals surface area (Å²) in [4.78, 5) is 19.5. The van der Waals surface area contributed by atoms with Crippen LogP contribution in [0.5, 0.6) is 0 Å². The maximum Gasteiger partial charge on any atom is 0.223 e. The Labute approximate surface area is 164 Å². The average Bonchev–Trinajstić information content (AvgIpc) is 2.62. The highest BCUT2D eigenvalue weighted by Crippen LogP contribution is 2.19. The molecule has 0 aliphatic carbocycles. The molecule has 3 saturated heterocycles. The molecule has 6 nitrogen and oxygen atoms in total. The zero-order valence-electron chi connectivity index (χ0n) is 15.2. The second-order valence-electron chi connectivity index (χ2n) is 6.98. The van der Waals surface area contributed by atoms with E-state index >= 15 is 0 Å². The van der Waals surface area contributed by atoms with E-state index in [1.54, 1.807) is 0 Å². The summed E-state index contributed by atoms with van der Waals surface area (Å²) in [6, 6.07) is 0.623. The number of rotatable bonds is 5. The third kappa shape index (κ3) is 7.19. The van der Waals surface area contributed by atoms with Gasteiger partial charge < -0.3 is 15.0 Å². The lowest BCUT2D eigenvalue weighted by molar-refractivity contribution is -0.132. The highest BCUT2D eigenvalue weighted by atomic mass is 35.5. The van der Waals surface area contributed by atoms with Crippen molar-refractivity contribution in [2.24, 2.45) is 0 Å². The number of morpholine rings is 1. The van der Waals surface area contributed by atoms with Crippen molar-refractivity contribution in [1.29, 1.82) is 0 Å². The van der Waals surface area contributed by atoms with Crippen molar-refractivity contribution in [3.05, 3.63) is 0 Å². The van der Waals surface area contributed by atoms with Gasteiger partial charge in [0.25, 0.3) is 0 Å². The summed E-state index contributed by atoms with van der Waals surface area (Å²) in [6.07, 6.45) is 4.57. The van der Waals surface area contributed by atoms with Crippen LogP contribution in [0.2, 0.25) is 0 Å². The highest BCUT2D eigenvalue weighted by molar-refractivity contribution is 5.85. The van der Waals surface area contributed by atoms with Crippen LogP contribution < -0.4 is 5.32 Å². The molecule has 0 radical (unpaired) electrons. The number of halogens is 2. The van der Waals surface area contributed by atoms with Crippen LogP contribution in [0.1, 0.15) is 25.7 Å². The molecule has 3 aliphatic heterocycles. The van der Waals surface area contributed by atoms with E-state index in [1.807, 2.05) is 4.90 Å². The first-order chi connectivity index (χ1) is 11.3. The van der Waals surface area contributed by atoms with Gasteiger partial charge in [0, 0.05) is 64.8 Å².